The van der Waals surface area contributed by atoms with Crippen LogP contribution in [0.1, 0.15) is 24.0 Å². The highest BCUT2D eigenvalue weighted by atomic mass is 16.5. The van der Waals surface area contributed by atoms with Crippen molar-refractivity contribution < 1.29 is 19.4 Å². The molecule has 0 saturated heterocycles. The third-order valence-electron chi connectivity index (χ3n) is 4.32. The number of aliphatic carboxylic acids is 1. The topological polar surface area (TPSA) is 75.6 Å². The Hall–Kier alpha value is -2.82. The van der Waals surface area contributed by atoms with E-state index in [-0.39, 0.29) is 24.9 Å². The molecule has 3 rings (SSSR count). The lowest BCUT2D eigenvalue weighted by molar-refractivity contribution is -0.141. The second-order valence-corrected chi connectivity index (χ2v) is 6.24. The summed E-state index contributed by atoms with van der Waals surface area (Å²) in [7, 11) is 0. The van der Waals surface area contributed by atoms with E-state index in [0.717, 1.165) is 23.3 Å². The van der Waals surface area contributed by atoms with Crippen molar-refractivity contribution in [3.8, 4) is 5.75 Å². The van der Waals surface area contributed by atoms with Gasteiger partial charge in [0.05, 0.1) is 0 Å². The zero-order chi connectivity index (χ0) is 17.6. The fourth-order valence-electron chi connectivity index (χ4n) is 3.02. The maximum atomic E-state index is 12.1. The Morgan fingerprint density at radius 3 is 2.56 bits per heavy atom. The Labute approximate surface area is 146 Å². The monoisotopic (exact) mass is 339 g/mol. The van der Waals surface area contributed by atoms with Crippen molar-refractivity contribution in [3.05, 3.63) is 65.7 Å². The molecule has 2 N–H and O–H groups in total. The van der Waals surface area contributed by atoms with E-state index in [1.54, 1.807) is 0 Å². The first-order valence-electron chi connectivity index (χ1n) is 8.42. The van der Waals surface area contributed by atoms with Gasteiger partial charge in [-0.25, -0.2) is 4.79 Å². The molecule has 1 heterocycles. The molecule has 2 unspecified atom stereocenters. The molecule has 2 atom stereocenters. The largest absolute Gasteiger partial charge is 0.490 e. The van der Waals surface area contributed by atoms with E-state index in [1.807, 2.05) is 54.6 Å². The number of para-hydroxylation sites is 1. The molecule has 130 valence electrons. The summed E-state index contributed by atoms with van der Waals surface area (Å²) < 4.78 is 5.81. The van der Waals surface area contributed by atoms with Crippen molar-refractivity contribution in [1.82, 2.24) is 5.32 Å². The van der Waals surface area contributed by atoms with Crippen LogP contribution >= 0.6 is 0 Å². The predicted molar refractivity (Wildman–Crippen MR) is 93.5 cm³/mol. The zero-order valence-electron chi connectivity index (χ0n) is 13.9. The van der Waals surface area contributed by atoms with Gasteiger partial charge in [-0.15, -0.1) is 0 Å². The first-order chi connectivity index (χ1) is 12.1. The molecule has 1 aliphatic rings. The first kappa shape index (κ1) is 17.0. The van der Waals surface area contributed by atoms with Crippen LogP contribution in [0, 0.1) is 0 Å². The summed E-state index contributed by atoms with van der Waals surface area (Å²) in [6, 6.07) is 16.2. The number of amides is 1. The van der Waals surface area contributed by atoms with Gasteiger partial charge in [0.2, 0.25) is 5.91 Å². The first-order valence-corrected chi connectivity index (χ1v) is 8.42. The van der Waals surface area contributed by atoms with Crippen LogP contribution in [-0.2, 0) is 22.4 Å². The van der Waals surface area contributed by atoms with Gasteiger partial charge in [0.25, 0.3) is 0 Å². The van der Waals surface area contributed by atoms with E-state index < -0.39 is 12.0 Å². The third kappa shape index (κ3) is 4.59. The zero-order valence-corrected chi connectivity index (χ0v) is 13.9. The lowest BCUT2D eigenvalue weighted by Gasteiger charge is -2.16. The van der Waals surface area contributed by atoms with Crippen molar-refractivity contribution in [2.24, 2.45) is 0 Å². The highest BCUT2D eigenvalue weighted by Crippen LogP contribution is 2.29. The lowest BCUT2D eigenvalue weighted by Crippen LogP contribution is -2.42. The number of hydrogen-bond donors (Lipinski definition) is 2. The predicted octanol–water partition coefficient (Wildman–Crippen LogP) is 2.58. The maximum Gasteiger partial charge on any atom is 0.326 e. The average Bonchev–Trinajstić information content (AvgIpc) is 3.03. The van der Waals surface area contributed by atoms with Crippen LogP contribution < -0.4 is 10.1 Å². The van der Waals surface area contributed by atoms with Crippen molar-refractivity contribution in [3.63, 3.8) is 0 Å². The van der Waals surface area contributed by atoms with Gasteiger partial charge < -0.3 is 15.2 Å². The lowest BCUT2D eigenvalue weighted by atomic mass is 10.0. The number of carbonyl (C=O) groups excluding carboxylic acids is 1. The van der Waals surface area contributed by atoms with Crippen molar-refractivity contribution in [2.75, 3.05) is 0 Å². The fraction of sp³-hybridized carbons (Fsp3) is 0.300. The van der Waals surface area contributed by atoms with Crippen molar-refractivity contribution >= 4 is 11.9 Å². The van der Waals surface area contributed by atoms with E-state index in [2.05, 4.69) is 5.32 Å². The Morgan fingerprint density at radius 1 is 1.12 bits per heavy atom. The summed E-state index contributed by atoms with van der Waals surface area (Å²) in [5, 5.41) is 12.0. The molecule has 5 nitrogen and oxygen atoms in total. The molecule has 5 heteroatoms. The number of hydrogen-bond acceptors (Lipinski definition) is 3. The minimum atomic E-state index is -1.03. The van der Waals surface area contributed by atoms with Crippen LogP contribution in [0.3, 0.4) is 0 Å². The van der Waals surface area contributed by atoms with E-state index in [1.165, 1.54) is 0 Å². The normalized spacial score (nSPS) is 16.6. The maximum absolute atomic E-state index is 12.1. The summed E-state index contributed by atoms with van der Waals surface area (Å²) in [4.78, 5) is 23.6. The van der Waals surface area contributed by atoms with E-state index in [4.69, 9.17) is 4.74 Å². The molecule has 25 heavy (non-hydrogen) atoms. The molecule has 0 saturated carbocycles. The highest BCUT2D eigenvalue weighted by Gasteiger charge is 2.24. The molecular formula is C20H21NO4. The van der Waals surface area contributed by atoms with E-state index in [0.29, 0.717) is 6.42 Å². The van der Waals surface area contributed by atoms with Gasteiger partial charge in [0, 0.05) is 19.3 Å². The smallest absolute Gasteiger partial charge is 0.326 e. The van der Waals surface area contributed by atoms with Gasteiger partial charge in [-0.05, 0) is 23.6 Å². The van der Waals surface area contributed by atoms with Crippen LogP contribution in [0.2, 0.25) is 0 Å². The van der Waals surface area contributed by atoms with Crippen LogP contribution in [0.15, 0.2) is 54.6 Å². The summed E-state index contributed by atoms with van der Waals surface area (Å²) in [6.07, 6.45) is 1.85. The number of ether oxygens (including phenoxy) is 1. The van der Waals surface area contributed by atoms with Gasteiger partial charge in [0.1, 0.15) is 17.9 Å². The van der Waals surface area contributed by atoms with E-state index >= 15 is 0 Å². The van der Waals surface area contributed by atoms with Gasteiger partial charge in [-0.2, -0.15) is 0 Å². The molecule has 2 aromatic carbocycles. The average molecular weight is 339 g/mol. The molecule has 2 aromatic rings. The number of fused-ring (bicyclic) bond motifs is 1. The molecule has 0 spiro atoms. The second kappa shape index (κ2) is 7.83. The van der Waals surface area contributed by atoms with Gasteiger partial charge >= 0.3 is 5.97 Å². The number of carboxylic acids is 1. The van der Waals surface area contributed by atoms with Gasteiger partial charge in [-0.3, -0.25) is 4.79 Å². The number of carbonyl (C=O) groups is 2. The molecule has 0 fully saturated rings. The highest BCUT2D eigenvalue weighted by molar-refractivity contribution is 5.83. The van der Waals surface area contributed by atoms with Crippen molar-refractivity contribution in [1.29, 1.82) is 0 Å². The van der Waals surface area contributed by atoms with Crippen LogP contribution in [0.25, 0.3) is 0 Å². The molecule has 0 bridgehead atoms. The quantitative estimate of drug-likeness (QED) is 0.813. The van der Waals surface area contributed by atoms with Gasteiger partial charge in [-0.1, -0.05) is 48.5 Å². The molecule has 0 aromatic heterocycles. The standard InChI is InChI=1S/C20H21NO4/c22-19(11-10-16-13-15-8-4-5-9-18(15)25-16)21-17(20(23)24)12-14-6-2-1-3-7-14/h1-9,16-17H,10-13H2,(H,21,22)(H,23,24). The molecule has 1 amide bonds. The van der Waals surface area contributed by atoms with Crippen molar-refractivity contribution in [2.45, 2.75) is 37.8 Å². The second-order valence-electron chi connectivity index (χ2n) is 6.24. The molecule has 0 radical (unpaired) electrons. The SMILES string of the molecule is O=C(CCC1Cc2ccccc2O1)NC(Cc1ccccc1)C(=O)O. The number of rotatable bonds is 7. The third-order valence-corrected chi connectivity index (χ3v) is 4.32. The summed E-state index contributed by atoms with van der Waals surface area (Å²) in [5.41, 5.74) is 2.03. The Kier molecular flexibility index (Phi) is 5.33. The fourth-order valence-corrected chi connectivity index (χ4v) is 3.02. The number of nitrogens with one attached hydrogen (secondary N) is 1. The minimum Gasteiger partial charge on any atom is -0.490 e. The molecular weight excluding hydrogens is 318 g/mol. The Balaban J connectivity index is 1.48. The van der Waals surface area contributed by atoms with Crippen LogP contribution in [0.4, 0.5) is 0 Å². The number of benzene rings is 2. The minimum absolute atomic E-state index is 0.0273. The van der Waals surface area contributed by atoms with Crippen LogP contribution in [-0.4, -0.2) is 29.1 Å². The summed E-state index contributed by atoms with van der Waals surface area (Å²) in [5.74, 6) is -0.412. The van der Waals surface area contributed by atoms with E-state index in [9.17, 15) is 14.7 Å². The molecule has 0 aliphatic carbocycles. The van der Waals surface area contributed by atoms with Gasteiger partial charge in [0.15, 0.2) is 0 Å². The Bertz CT molecular complexity index is 719. The van der Waals surface area contributed by atoms with Crippen LogP contribution in [0.5, 0.6) is 5.75 Å². The molecule has 1 aliphatic heterocycles. The summed E-state index contributed by atoms with van der Waals surface area (Å²) in [6.45, 7) is 0. The number of carboxylic acid groups (broad SMARTS) is 1. The summed E-state index contributed by atoms with van der Waals surface area (Å²) >= 11 is 0. The Morgan fingerprint density at radius 2 is 1.84 bits per heavy atom.